The Morgan fingerprint density at radius 2 is 2.12 bits per heavy atom. The van der Waals surface area contributed by atoms with E-state index in [0.717, 1.165) is 0 Å². The SMILES string of the molecule is N#Cc1ccc([C@H](CCF)OC(N)=O)cc1. The quantitative estimate of drug-likeness (QED) is 0.846. The van der Waals surface area contributed by atoms with Crippen LogP contribution in [0.4, 0.5) is 9.18 Å². The van der Waals surface area contributed by atoms with Crippen LogP contribution in [-0.2, 0) is 4.74 Å². The molecule has 5 heteroatoms. The zero-order valence-corrected chi connectivity index (χ0v) is 8.52. The van der Waals surface area contributed by atoms with Crippen LogP contribution >= 0.6 is 0 Å². The van der Waals surface area contributed by atoms with Gasteiger partial charge in [0, 0.05) is 6.42 Å². The highest BCUT2D eigenvalue weighted by Gasteiger charge is 2.14. The highest BCUT2D eigenvalue weighted by molar-refractivity contribution is 5.65. The normalized spacial score (nSPS) is 11.5. The van der Waals surface area contributed by atoms with Crippen molar-refractivity contribution in [3.63, 3.8) is 0 Å². The van der Waals surface area contributed by atoms with Crippen LogP contribution in [0.2, 0.25) is 0 Å². The molecule has 16 heavy (non-hydrogen) atoms. The van der Waals surface area contributed by atoms with Crippen molar-refractivity contribution >= 4 is 6.09 Å². The molecule has 2 N–H and O–H groups in total. The number of nitriles is 1. The second kappa shape index (κ2) is 5.71. The first-order valence-corrected chi connectivity index (χ1v) is 4.69. The minimum atomic E-state index is -0.942. The van der Waals surface area contributed by atoms with Gasteiger partial charge < -0.3 is 10.5 Å². The number of nitrogens with two attached hydrogens (primary N) is 1. The number of rotatable bonds is 4. The van der Waals surface area contributed by atoms with Gasteiger partial charge in [0.2, 0.25) is 0 Å². The number of amides is 1. The van der Waals surface area contributed by atoms with Crippen molar-refractivity contribution in [2.45, 2.75) is 12.5 Å². The second-order valence-corrected chi connectivity index (χ2v) is 3.14. The molecule has 0 saturated carbocycles. The van der Waals surface area contributed by atoms with Crippen molar-refractivity contribution in [2.75, 3.05) is 6.67 Å². The summed E-state index contributed by atoms with van der Waals surface area (Å²) in [4.78, 5) is 10.6. The summed E-state index contributed by atoms with van der Waals surface area (Å²) >= 11 is 0. The molecule has 0 saturated heterocycles. The molecular weight excluding hydrogens is 211 g/mol. The van der Waals surface area contributed by atoms with Crippen LogP contribution in [0.15, 0.2) is 24.3 Å². The lowest BCUT2D eigenvalue weighted by Gasteiger charge is -2.15. The molecule has 0 unspecified atom stereocenters. The fraction of sp³-hybridized carbons (Fsp3) is 0.273. The van der Waals surface area contributed by atoms with Gasteiger partial charge in [-0.05, 0) is 17.7 Å². The number of halogens is 1. The van der Waals surface area contributed by atoms with E-state index < -0.39 is 18.9 Å². The van der Waals surface area contributed by atoms with E-state index >= 15 is 0 Å². The van der Waals surface area contributed by atoms with Crippen molar-refractivity contribution in [3.8, 4) is 6.07 Å². The van der Waals surface area contributed by atoms with Crippen molar-refractivity contribution in [1.29, 1.82) is 5.26 Å². The van der Waals surface area contributed by atoms with Crippen molar-refractivity contribution in [3.05, 3.63) is 35.4 Å². The number of hydrogen-bond acceptors (Lipinski definition) is 3. The van der Waals surface area contributed by atoms with Crippen LogP contribution in [0.3, 0.4) is 0 Å². The lowest BCUT2D eigenvalue weighted by molar-refractivity contribution is 0.0965. The number of nitrogens with zero attached hydrogens (tertiary/aromatic N) is 1. The molecule has 0 heterocycles. The van der Waals surface area contributed by atoms with Gasteiger partial charge in [0.1, 0.15) is 6.10 Å². The Morgan fingerprint density at radius 3 is 2.56 bits per heavy atom. The van der Waals surface area contributed by atoms with E-state index in [-0.39, 0.29) is 6.42 Å². The Balaban J connectivity index is 2.84. The topological polar surface area (TPSA) is 76.1 Å². The predicted molar refractivity (Wildman–Crippen MR) is 55.2 cm³/mol. The van der Waals surface area contributed by atoms with Gasteiger partial charge in [-0.3, -0.25) is 4.39 Å². The summed E-state index contributed by atoms with van der Waals surface area (Å²) in [6.45, 7) is -0.613. The van der Waals surface area contributed by atoms with Gasteiger partial charge in [-0.2, -0.15) is 5.26 Å². The summed E-state index contributed by atoms with van der Waals surface area (Å²) in [5.74, 6) is 0. The predicted octanol–water partition coefficient (Wildman–Crippen LogP) is 2.05. The molecule has 0 bridgehead atoms. The zero-order chi connectivity index (χ0) is 12.0. The number of hydrogen-bond donors (Lipinski definition) is 1. The van der Waals surface area contributed by atoms with Crippen molar-refractivity contribution in [2.24, 2.45) is 5.73 Å². The average Bonchev–Trinajstić information content (AvgIpc) is 2.28. The van der Waals surface area contributed by atoms with E-state index in [1.807, 2.05) is 6.07 Å². The summed E-state index contributed by atoms with van der Waals surface area (Å²) < 4.78 is 17.0. The summed E-state index contributed by atoms with van der Waals surface area (Å²) in [5.41, 5.74) is 5.99. The Morgan fingerprint density at radius 1 is 1.50 bits per heavy atom. The number of benzene rings is 1. The van der Waals surface area contributed by atoms with Crippen LogP contribution < -0.4 is 5.73 Å². The lowest BCUT2D eigenvalue weighted by Crippen LogP contribution is -2.17. The molecule has 1 aromatic rings. The first-order valence-electron chi connectivity index (χ1n) is 4.69. The first-order chi connectivity index (χ1) is 7.67. The minimum Gasteiger partial charge on any atom is -0.441 e. The van der Waals surface area contributed by atoms with Crippen LogP contribution in [0.1, 0.15) is 23.7 Å². The third-order valence-electron chi connectivity index (χ3n) is 2.04. The zero-order valence-electron chi connectivity index (χ0n) is 8.52. The lowest BCUT2D eigenvalue weighted by atomic mass is 10.1. The number of alkyl halides is 1. The van der Waals surface area contributed by atoms with Gasteiger partial charge in [-0.1, -0.05) is 12.1 Å². The van der Waals surface area contributed by atoms with Crippen molar-refractivity contribution in [1.82, 2.24) is 0 Å². The van der Waals surface area contributed by atoms with Gasteiger partial charge in [0.15, 0.2) is 0 Å². The maximum atomic E-state index is 12.2. The molecule has 1 aromatic carbocycles. The first kappa shape index (κ1) is 12.0. The van der Waals surface area contributed by atoms with E-state index in [0.29, 0.717) is 11.1 Å². The Bertz CT molecular complexity index is 397. The Kier molecular flexibility index (Phi) is 4.28. The van der Waals surface area contributed by atoms with Gasteiger partial charge in [0.05, 0.1) is 18.3 Å². The van der Waals surface area contributed by atoms with Crippen LogP contribution in [0.25, 0.3) is 0 Å². The molecule has 4 nitrogen and oxygen atoms in total. The van der Waals surface area contributed by atoms with Crippen LogP contribution in [0.5, 0.6) is 0 Å². The van der Waals surface area contributed by atoms with Gasteiger partial charge in [-0.25, -0.2) is 4.79 Å². The fourth-order valence-electron chi connectivity index (χ4n) is 1.31. The monoisotopic (exact) mass is 222 g/mol. The molecule has 0 radical (unpaired) electrons. The molecule has 84 valence electrons. The minimum absolute atomic E-state index is 0.0504. The summed E-state index contributed by atoms with van der Waals surface area (Å²) in [7, 11) is 0. The molecule has 0 aromatic heterocycles. The van der Waals surface area contributed by atoms with Gasteiger partial charge in [-0.15, -0.1) is 0 Å². The molecular formula is C11H11FN2O2. The van der Waals surface area contributed by atoms with E-state index in [4.69, 9.17) is 15.7 Å². The maximum Gasteiger partial charge on any atom is 0.405 e. The van der Waals surface area contributed by atoms with E-state index in [1.165, 1.54) is 0 Å². The largest absolute Gasteiger partial charge is 0.441 e. The standard InChI is InChI=1S/C11H11FN2O2/c12-6-5-10(16-11(14)15)9-3-1-8(7-13)2-4-9/h1-4,10H,5-6H2,(H2,14,15)/t10-/m0/s1. The van der Waals surface area contributed by atoms with E-state index in [1.54, 1.807) is 24.3 Å². The van der Waals surface area contributed by atoms with Crippen LogP contribution in [0, 0.1) is 11.3 Å². The number of carbonyl (C=O) groups is 1. The number of ether oxygens (including phenoxy) is 1. The summed E-state index contributed by atoms with van der Waals surface area (Å²) in [6, 6.07) is 8.33. The third-order valence-corrected chi connectivity index (χ3v) is 2.04. The molecule has 0 spiro atoms. The molecule has 1 rings (SSSR count). The second-order valence-electron chi connectivity index (χ2n) is 3.14. The molecule has 0 fully saturated rings. The highest BCUT2D eigenvalue weighted by atomic mass is 19.1. The van der Waals surface area contributed by atoms with Gasteiger partial charge >= 0.3 is 6.09 Å². The molecule has 1 atom stereocenters. The fourth-order valence-corrected chi connectivity index (χ4v) is 1.31. The highest BCUT2D eigenvalue weighted by Crippen LogP contribution is 2.21. The van der Waals surface area contributed by atoms with Crippen molar-refractivity contribution < 1.29 is 13.9 Å². The average molecular weight is 222 g/mol. The number of carbonyl (C=O) groups excluding carboxylic acids is 1. The van der Waals surface area contributed by atoms with E-state index in [2.05, 4.69) is 0 Å². The Hall–Kier alpha value is -2.09. The van der Waals surface area contributed by atoms with E-state index in [9.17, 15) is 9.18 Å². The third kappa shape index (κ3) is 3.24. The molecule has 1 amide bonds. The summed E-state index contributed by atoms with van der Waals surface area (Å²) in [5, 5.41) is 8.60. The Labute approximate surface area is 92.4 Å². The molecule has 0 aliphatic heterocycles. The number of primary amides is 1. The molecule has 0 aliphatic carbocycles. The van der Waals surface area contributed by atoms with Gasteiger partial charge in [0.25, 0.3) is 0 Å². The molecule has 0 aliphatic rings. The van der Waals surface area contributed by atoms with Crippen LogP contribution in [-0.4, -0.2) is 12.8 Å². The smallest absolute Gasteiger partial charge is 0.405 e. The summed E-state index contributed by atoms with van der Waals surface area (Å²) in [6.07, 6.45) is -1.59. The maximum absolute atomic E-state index is 12.2.